The summed E-state index contributed by atoms with van der Waals surface area (Å²) in [5, 5.41) is 0. The van der Waals surface area contributed by atoms with Gasteiger partial charge in [-0.3, -0.25) is 0 Å². The molecule has 134 valence electrons. The van der Waals surface area contributed by atoms with Crippen LogP contribution in [0.4, 0.5) is 0 Å². The number of ether oxygens (including phenoxy) is 1. The minimum absolute atomic E-state index is 0. The van der Waals surface area contributed by atoms with Crippen LogP contribution < -0.4 is 0 Å². The molecule has 2 saturated carbocycles. The van der Waals surface area contributed by atoms with Crippen LogP contribution in [0.1, 0.15) is 6.92 Å². The third kappa shape index (κ3) is 49.5. The molecule has 0 amide bonds. The summed E-state index contributed by atoms with van der Waals surface area (Å²) in [7, 11) is 0. The van der Waals surface area contributed by atoms with Crippen molar-refractivity contribution in [1.82, 2.24) is 0 Å². The zero-order valence-electron chi connectivity index (χ0n) is 13.6. The molecule has 26 heavy (non-hydrogen) atoms. The van der Waals surface area contributed by atoms with Crippen LogP contribution in [-0.4, -0.2) is 6.61 Å². The van der Waals surface area contributed by atoms with E-state index >= 15 is 0 Å². The smallest absolute Gasteiger partial charge is 0.0312 e. The van der Waals surface area contributed by atoms with Crippen molar-refractivity contribution in [1.29, 1.82) is 0 Å². The monoisotopic (exact) mass is 434 g/mol. The van der Waals surface area contributed by atoms with E-state index in [1.165, 1.54) is 0 Å². The van der Waals surface area contributed by atoms with Crippen LogP contribution in [0.15, 0.2) is 0 Å². The first-order chi connectivity index (χ1) is 11.9. The van der Waals surface area contributed by atoms with Gasteiger partial charge in [-0.2, -0.15) is 0 Å². The topological polar surface area (TPSA) is 109 Å². The first-order valence-electron chi connectivity index (χ1n) is 5.71. The third-order valence-electron chi connectivity index (χ3n) is 1.55. The van der Waals surface area contributed by atoms with Crippen molar-refractivity contribution in [2.45, 2.75) is 6.92 Å². The SMILES string of the molecule is CCO[C][C]1[CH][CH][CH][CH]1.[C-]#[O+].[C-]#[O+].[C-]#[O+].[C-]#[O+].[C-]#[O+].[CH]1[CH][CH][CH][CH]1.[Cr].[Fe+2]. The molecule has 0 heterocycles. The van der Waals surface area contributed by atoms with Crippen LogP contribution in [0.3, 0.4) is 0 Å². The second kappa shape index (κ2) is 64.2. The van der Waals surface area contributed by atoms with Gasteiger partial charge in [0, 0.05) is 29.9 Å². The summed E-state index contributed by atoms with van der Waals surface area (Å²) in [6.45, 7) is 27.9. The third-order valence-corrected chi connectivity index (χ3v) is 1.55. The van der Waals surface area contributed by atoms with E-state index < -0.39 is 0 Å². The molecule has 2 aliphatic carbocycles. The van der Waals surface area contributed by atoms with E-state index in [2.05, 4.69) is 39.9 Å². The van der Waals surface area contributed by atoms with Gasteiger partial charge in [-0.05, 0) is 64.7 Å². The maximum absolute atomic E-state index is 7.50. The molecule has 2 rings (SSSR count). The maximum atomic E-state index is 7.50. The van der Waals surface area contributed by atoms with E-state index in [1.807, 2.05) is 64.7 Å². The Balaban J connectivity index is -0.0000000371. The normalized spacial score (nSPS) is 12.3. The molecule has 0 aromatic heterocycles. The fourth-order valence-electron chi connectivity index (χ4n) is 0.918. The van der Waals surface area contributed by atoms with E-state index in [1.54, 1.807) is 0 Å². The molecule has 0 spiro atoms. The Bertz CT molecular complexity index is 250. The summed E-state index contributed by atoms with van der Waals surface area (Å²) in [5.74, 6) is 1.01. The van der Waals surface area contributed by atoms with Crippen molar-refractivity contribution in [3.8, 4) is 0 Å². The fourth-order valence-corrected chi connectivity index (χ4v) is 0.918. The molecule has 0 aromatic rings. The van der Waals surface area contributed by atoms with Gasteiger partial charge in [0.15, 0.2) is 0 Å². The summed E-state index contributed by atoms with van der Waals surface area (Å²) in [6.07, 6.45) is 17.8. The van der Waals surface area contributed by atoms with Crippen molar-refractivity contribution in [2.24, 2.45) is 0 Å². The van der Waals surface area contributed by atoms with Crippen molar-refractivity contribution >= 4 is 0 Å². The molecular formula is C18H14CrFeO6+2. The van der Waals surface area contributed by atoms with E-state index in [-0.39, 0.29) is 34.4 Å². The number of hydrogen-bond donors (Lipinski definition) is 0. The van der Waals surface area contributed by atoms with Crippen LogP contribution >= 0.6 is 0 Å². The van der Waals surface area contributed by atoms with Crippen molar-refractivity contribution in [3.63, 3.8) is 0 Å². The minimum atomic E-state index is 0. The molecular weight excluding hydrogens is 420 g/mol. The predicted octanol–water partition coefficient (Wildman–Crippen LogP) is 2.30. The molecule has 0 bridgehead atoms. The first-order valence-corrected chi connectivity index (χ1v) is 5.71. The molecule has 0 aliphatic heterocycles. The van der Waals surface area contributed by atoms with Gasteiger partial charge in [0.1, 0.15) is 6.61 Å². The Morgan fingerprint density at radius 2 is 0.962 bits per heavy atom. The largest absolute Gasteiger partial charge is 2.00 e. The number of hydrogen-bond acceptors (Lipinski definition) is 1. The maximum Gasteiger partial charge on any atom is 2.00 e. The molecule has 0 aromatic carbocycles. The second-order valence-corrected chi connectivity index (χ2v) is 2.67. The molecule has 12 radical (unpaired) electrons. The Morgan fingerprint density at radius 1 is 0.692 bits per heavy atom. The molecule has 0 atom stereocenters. The predicted molar refractivity (Wildman–Crippen MR) is 76.5 cm³/mol. The van der Waals surface area contributed by atoms with Gasteiger partial charge in [-0.25, -0.2) is 0 Å². The van der Waals surface area contributed by atoms with Crippen LogP contribution in [-0.2, 0) is 62.4 Å². The van der Waals surface area contributed by atoms with Crippen LogP contribution in [0, 0.1) is 104 Å². The van der Waals surface area contributed by atoms with E-state index in [4.69, 9.17) is 28.0 Å². The molecule has 8 heteroatoms. The van der Waals surface area contributed by atoms with Gasteiger partial charge < -0.3 is 4.74 Å². The Kier molecular flexibility index (Phi) is 111. The van der Waals surface area contributed by atoms with Gasteiger partial charge in [-0.15, -0.1) is 0 Å². The van der Waals surface area contributed by atoms with Gasteiger partial charge in [-0.1, -0.05) is 0 Å². The average molecular weight is 434 g/mol. The summed E-state index contributed by atoms with van der Waals surface area (Å²) < 4.78 is 42.4. The number of rotatable bonds is 3. The van der Waals surface area contributed by atoms with Crippen LogP contribution in [0.5, 0.6) is 0 Å². The molecule has 0 saturated heterocycles. The summed E-state index contributed by atoms with van der Waals surface area (Å²) >= 11 is 0. The molecule has 2 fully saturated rings. The minimum Gasteiger partial charge on any atom is -0.0312 e. The van der Waals surface area contributed by atoms with Crippen molar-refractivity contribution in [2.75, 3.05) is 6.61 Å². The first kappa shape index (κ1) is 44.8. The summed E-state index contributed by atoms with van der Waals surface area (Å²) in [6, 6.07) is 0. The van der Waals surface area contributed by atoms with Crippen LogP contribution in [0.25, 0.3) is 0 Å². The van der Waals surface area contributed by atoms with Gasteiger partial charge in [0.05, 0.1) is 0 Å². The molecule has 0 N–H and O–H groups in total. The fraction of sp³-hybridized carbons (Fsp3) is 0.111. The van der Waals surface area contributed by atoms with Crippen molar-refractivity contribution < 1.29 is 62.4 Å². The quantitative estimate of drug-likeness (QED) is 0.379. The van der Waals surface area contributed by atoms with Gasteiger partial charge in [0.2, 0.25) is 0 Å². The molecule has 6 nitrogen and oxygen atoms in total. The Labute approximate surface area is 179 Å². The van der Waals surface area contributed by atoms with E-state index in [0.29, 0.717) is 6.61 Å². The Hall–Kier alpha value is -0.288. The van der Waals surface area contributed by atoms with Gasteiger partial charge >= 0.3 is 73.6 Å². The zero-order chi connectivity index (χ0) is 20.1. The Morgan fingerprint density at radius 3 is 1.19 bits per heavy atom. The average Bonchev–Trinajstić information content (AvgIpc) is 3.45. The summed E-state index contributed by atoms with van der Waals surface area (Å²) in [4.78, 5) is 0. The van der Waals surface area contributed by atoms with Crippen molar-refractivity contribution in [3.05, 3.63) is 104 Å². The molecule has 2 aliphatic rings. The van der Waals surface area contributed by atoms with E-state index in [9.17, 15) is 0 Å². The standard InChI is InChI=1S/C8H9O.C5H5.5CO.Cr.Fe/c1-2-9-7-8-5-3-4-6-8;1-2-4-5-3-1;5*1-2;;/h3-6H,2H2,1H3;1-5H;;;;;;;/q;;;;;;;;+2. The zero-order valence-corrected chi connectivity index (χ0v) is 16.0. The second-order valence-electron chi connectivity index (χ2n) is 2.67. The summed E-state index contributed by atoms with van der Waals surface area (Å²) in [5.41, 5.74) is 0. The van der Waals surface area contributed by atoms with E-state index in [0.717, 1.165) is 5.92 Å². The molecule has 0 unspecified atom stereocenters. The van der Waals surface area contributed by atoms with Crippen LogP contribution in [0.2, 0.25) is 0 Å². The van der Waals surface area contributed by atoms with Gasteiger partial charge in [0.25, 0.3) is 0 Å².